The van der Waals surface area contributed by atoms with Crippen molar-refractivity contribution < 1.29 is 33.4 Å². The van der Waals surface area contributed by atoms with E-state index in [1.54, 1.807) is 43.4 Å². The molecule has 0 aliphatic carbocycles. The number of benzene rings is 3. The van der Waals surface area contributed by atoms with E-state index in [0.717, 1.165) is 34.9 Å². The molecule has 1 fully saturated rings. The number of amides is 4. The van der Waals surface area contributed by atoms with E-state index in [2.05, 4.69) is 20.9 Å². The van der Waals surface area contributed by atoms with Crippen molar-refractivity contribution in [3.63, 3.8) is 0 Å². The van der Waals surface area contributed by atoms with Crippen LogP contribution in [-0.4, -0.2) is 85.6 Å². The highest BCUT2D eigenvalue weighted by Crippen LogP contribution is 2.28. The van der Waals surface area contributed by atoms with Gasteiger partial charge >= 0.3 is 0 Å². The van der Waals surface area contributed by atoms with Gasteiger partial charge in [0.15, 0.2) is 11.5 Å². The lowest BCUT2D eigenvalue weighted by Gasteiger charge is -2.30. The number of aryl methyl sites for hydroxylation is 1. The SMILES string of the molecule is COc1ccc(CCCNC(=O)[C@@H]2CC(=O)N[C@@H](Cc3c[nH]c4ccccc34)C(=O)N3CCC[C@@H]3COc3ccccc3C(=O)N2)cc1OC. The standard InChI is InChI=1S/C38H43N5O7/c1-48-33-16-15-24(19-34(33)49-2)9-7-17-39-37(46)30-21-35(44)41-31(20-25-22-40-29-13-5-3-11-27(25)29)38(47)43-18-8-10-26(43)23-50-32-14-6-4-12-28(32)36(45)42-30/h3-6,11-16,19,22,26,30-31,40H,7-10,17-18,20-21,23H2,1-2H3,(H,39,46)(H,41,44)(H,42,45)/t26-,30+,31+/m1/s1. The highest BCUT2D eigenvalue weighted by Gasteiger charge is 2.36. The van der Waals surface area contributed by atoms with Crippen molar-refractivity contribution in [2.45, 2.75) is 56.7 Å². The van der Waals surface area contributed by atoms with Gasteiger partial charge in [-0.3, -0.25) is 19.2 Å². The summed E-state index contributed by atoms with van der Waals surface area (Å²) in [6.45, 7) is 1.02. The zero-order valence-electron chi connectivity index (χ0n) is 28.3. The molecule has 3 heterocycles. The van der Waals surface area contributed by atoms with E-state index in [4.69, 9.17) is 14.2 Å². The van der Waals surface area contributed by atoms with E-state index in [-0.39, 0.29) is 37.0 Å². The Morgan fingerprint density at radius 2 is 1.78 bits per heavy atom. The van der Waals surface area contributed by atoms with E-state index in [9.17, 15) is 19.2 Å². The number of aromatic nitrogens is 1. The number of hydrogen-bond acceptors (Lipinski definition) is 7. The molecule has 0 radical (unpaired) electrons. The Morgan fingerprint density at radius 1 is 0.980 bits per heavy atom. The van der Waals surface area contributed by atoms with Gasteiger partial charge in [0.2, 0.25) is 17.7 Å². The first-order chi connectivity index (χ1) is 24.3. The van der Waals surface area contributed by atoms with Crippen LogP contribution in [0.5, 0.6) is 17.2 Å². The molecule has 12 heteroatoms. The molecule has 1 aromatic heterocycles. The molecule has 2 aliphatic heterocycles. The van der Waals surface area contributed by atoms with Crippen molar-refractivity contribution in [3.8, 4) is 17.2 Å². The lowest BCUT2D eigenvalue weighted by atomic mass is 10.0. The third-order valence-electron chi connectivity index (χ3n) is 9.36. The Kier molecular flexibility index (Phi) is 10.9. The number of fused-ring (bicyclic) bond motifs is 3. The molecule has 0 bridgehead atoms. The number of para-hydroxylation sites is 2. The minimum Gasteiger partial charge on any atom is -0.493 e. The molecule has 0 unspecified atom stereocenters. The molecular weight excluding hydrogens is 638 g/mol. The second-order valence-corrected chi connectivity index (χ2v) is 12.6. The first-order valence-corrected chi connectivity index (χ1v) is 17.0. The first kappa shape index (κ1) is 34.3. The maximum atomic E-state index is 14.2. The van der Waals surface area contributed by atoms with Crippen molar-refractivity contribution in [1.29, 1.82) is 0 Å². The molecule has 4 amide bonds. The van der Waals surface area contributed by atoms with E-state index in [1.807, 2.05) is 48.7 Å². The molecule has 12 nitrogen and oxygen atoms in total. The summed E-state index contributed by atoms with van der Waals surface area (Å²) in [7, 11) is 3.15. The molecule has 4 N–H and O–H groups in total. The Bertz CT molecular complexity index is 1860. The summed E-state index contributed by atoms with van der Waals surface area (Å²) in [5.74, 6) is -0.184. The number of carbonyl (C=O) groups is 4. The summed E-state index contributed by atoms with van der Waals surface area (Å²) in [5.41, 5.74) is 3.06. The normalized spacial score (nSPS) is 19.8. The predicted octanol–water partition coefficient (Wildman–Crippen LogP) is 3.53. The van der Waals surface area contributed by atoms with Crippen molar-refractivity contribution in [1.82, 2.24) is 25.8 Å². The van der Waals surface area contributed by atoms with Gasteiger partial charge in [-0.25, -0.2) is 0 Å². The van der Waals surface area contributed by atoms with Crippen LogP contribution in [0.15, 0.2) is 72.9 Å². The van der Waals surface area contributed by atoms with Crippen LogP contribution in [0.2, 0.25) is 0 Å². The van der Waals surface area contributed by atoms with Gasteiger partial charge < -0.3 is 40.0 Å². The van der Waals surface area contributed by atoms with Crippen molar-refractivity contribution >= 4 is 34.5 Å². The van der Waals surface area contributed by atoms with E-state index < -0.39 is 29.8 Å². The number of rotatable bonds is 9. The maximum absolute atomic E-state index is 14.2. The van der Waals surface area contributed by atoms with Gasteiger partial charge in [-0.15, -0.1) is 0 Å². The van der Waals surface area contributed by atoms with Crippen LogP contribution in [0, 0.1) is 0 Å². The van der Waals surface area contributed by atoms with Crippen molar-refractivity contribution in [3.05, 3.63) is 89.6 Å². The van der Waals surface area contributed by atoms with Crippen LogP contribution in [0.25, 0.3) is 10.9 Å². The fourth-order valence-electron chi connectivity index (χ4n) is 6.73. The van der Waals surface area contributed by atoms with Crippen LogP contribution in [0.4, 0.5) is 0 Å². The molecule has 6 rings (SSSR count). The second kappa shape index (κ2) is 15.8. The molecule has 0 spiro atoms. The second-order valence-electron chi connectivity index (χ2n) is 12.6. The van der Waals surface area contributed by atoms with Crippen LogP contribution in [0.1, 0.15) is 47.2 Å². The summed E-state index contributed by atoms with van der Waals surface area (Å²) in [5, 5.41) is 9.53. The van der Waals surface area contributed by atoms with Gasteiger partial charge in [0.05, 0.1) is 32.2 Å². The molecule has 3 aromatic carbocycles. The minimum absolute atomic E-state index is 0.188. The number of hydrogen-bond donors (Lipinski definition) is 4. The van der Waals surface area contributed by atoms with Gasteiger partial charge in [0, 0.05) is 36.6 Å². The third kappa shape index (κ3) is 7.85. The molecule has 262 valence electrons. The zero-order valence-corrected chi connectivity index (χ0v) is 28.3. The van der Waals surface area contributed by atoms with Gasteiger partial charge in [0.25, 0.3) is 5.91 Å². The predicted molar refractivity (Wildman–Crippen MR) is 187 cm³/mol. The highest BCUT2D eigenvalue weighted by molar-refractivity contribution is 6.01. The largest absolute Gasteiger partial charge is 0.493 e. The summed E-state index contributed by atoms with van der Waals surface area (Å²) >= 11 is 0. The summed E-state index contributed by atoms with van der Waals surface area (Å²) in [4.78, 5) is 60.1. The zero-order chi connectivity index (χ0) is 35.0. The monoisotopic (exact) mass is 681 g/mol. The number of H-pyrrole nitrogens is 1. The number of methoxy groups -OCH3 is 2. The fraction of sp³-hybridized carbons (Fsp3) is 0.368. The van der Waals surface area contributed by atoms with Gasteiger partial charge in [-0.05, 0) is 67.1 Å². The minimum atomic E-state index is -1.21. The Balaban J connectivity index is 1.21. The van der Waals surface area contributed by atoms with E-state index >= 15 is 0 Å². The van der Waals surface area contributed by atoms with Gasteiger partial charge in [-0.1, -0.05) is 36.4 Å². The molecule has 0 saturated carbocycles. The third-order valence-corrected chi connectivity index (χ3v) is 9.36. The van der Waals surface area contributed by atoms with Crippen molar-refractivity contribution in [2.24, 2.45) is 0 Å². The van der Waals surface area contributed by atoms with Crippen LogP contribution in [0.3, 0.4) is 0 Å². The van der Waals surface area contributed by atoms with Crippen LogP contribution >= 0.6 is 0 Å². The lowest BCUT2D eigenvalue weighted by molar-refractivity contribution is -0.138. The number of nitrogens with zero attached hydrogens (tertiary/aromatic N) is 1. The number of nitrogens with one attached hydrogen (secondary N) is 4. The Morgan fingerprint density at radius 3 is 2.62 bits per heavy atom. The molecule has 50 heavy (non-hydrogen) atoms. The fourth-order valence-corrected chi connectivity index (χ4v) is 6.73. The first-order valence-electron chi connectivity index (χ1n) is 17.0. The Hall–Kier alpha value is -5.52. The van der Waals surface area contributed by atoms with E-state index in [0.29, 0.717) is 43.2 Å². The topological polar surface area (TPSA) is 151 Å². The van der Waals surface area contributed by atoms with Gasteiger partial charge in [-0.2, -0.15) is 0 Å². The number of aromatic amines is 1. The average Bonchev–Trinajstić information content (AvgIpc) is 3.78. The van der Waals surface area contributed by atoms with E-state index in [1.165, 1.54) is 0 Å². The molecule has 1 saturated heterocycles. The smallest absolute Gasteiger partial charge is 0.255 e. The molecule has 4 aromatic rings. The Labute approximate surface area is 290 Å². The number of ether oxygens (including phenoxy) is 3. The highest BCUT2D eigenvalue weighted by atomic mass is 16.5. The van der Waals surface area contributed by atoms with Crippen LogP contribution < -0.4 is 30.2 Å². The molecule has 2 aliphatic rings. The molecule has 3 atom stereocenters. The lowest BCUT2D eigenvalue weighted by Crippen LogP contribution is -2.54. The maximum Gasteiger partial charge on any atom is 0.255 e. The summed E-state index contributed by atoms with van der Waals surface area (Å²) < 4.78 is 16.9. The average molecular weight is 682 g/mol. The van der Waals surface area contributed by atoms with Crippen molar-refractivity contribution in [2.75, 3.05) is 33.9 Å². The van der Waals surface area contributed by atoms with Gasteiger partial charge in [0.1, 0.15) is 24.4 Å². The molecular formula is C38H43N5O7. The van der Waals surface area contributed by atoms with Crippen LogP contribution in [-0.2, 0) is 27.2 Å². The quantitative estimate of drug-likeness (QED) is 0.198. The summed E-state index contributed by atoms with van der Waals surface area (Å²) in [6, 6.07) is 17.9. The summed E-state index contributed by atoms with van der Waals surface area (Å²) in [6.07, 6.45) is 4.53. The number of carbonyl (C=O) groups excluding carboxylic acids is 4.